The van der Waals surface area contributed by atoms with Gasteiger partial charge < -0.3 is 4.74 Å². The van der Waals surface area contributed by atoms with Crippen molar-refractivity contribution in [2.24, 2.45) is 0 Å². The number of nitro groups is 1. The minimum atomic E-state index is -0.560. The van der Waals surface area contributed by atoms with Crippen LogP contribution in [-0.2, 0) is 6.61 Å². The molecule has 0 radical (unpaired) electrons. The van der Waals surface area contributed by atoms with E-state index in [0.29, 0.717) is 5.02 Å². The summed E-state index contributed by atoms with van der Waals surface area (Å²) in [6.45, 7) is 0.157. The monoisotopic (exact) mass is 298 g/mol. The fraction of sp³-hybridized carbons (Fsp3) is 0.0833. The van der Waals surface area contributed by atoms with Crippen molar-refractivity contribution in [2.75, 3.05) is 0 Å². The van der Waals surface area contributed by atoms with Crippen LogP contribution in [0.2, 0.25) is 10.2 Å². The number of benzene rings is 1. The number of rotatable bonds is 4. The molecule has 98 valence electrons. The Bertz CT molecular complexity index is 620. The van der Waals surface area contributed by atoms with Crippen molar-refractivity contribution < 1.29 is 9.66 Å². The summed E-state index contributed by atoms with van der Waals surface area (Å²) in [5.74, 6) is 0.0825. The van der Waals surface area contributed by atoms with Crippen molar-refractivity contribution in [1.82, 2.24) is 4.98 Å². The summed E-state index contributed by atoms with van der Waals surface area (Å²) in [6.07, 6.45) is 0. The van der Waals surface area contributed by atoms with Crippen LogP contribution in [0.3, 0.4) is 0 Å². The van der Waals surface area contributed by atoms with Gasteiger partial charge in [-0.25, -0.2) is 4.98 Å². The first-order chi connectivity index (χ1) is 9.06. The van der Waals surface area contributed by atoms with Crippen molar-refractivity contribution >= 4 is 28.9 Å². The molecule has 7 heteroatoms. The lowest BCUT2D eigenvalue weighted by Crippen LogP contribution is -1.99. The lowest BCUT2D eigenvalue weighted by atomic mass is 10.2. The normalized spacial score (nSPS) is 10.2. The molecular formula is C12H8Cl2N2O3. The first kappa shape index (κ1) is 13.6. The number of aromatic nitrogens is 1. The van der Waals surface area contributed by atoms with Gasteiger partial charge in [0.05, 0.1) is 17.1 Å². The van der Waals surface area contributed by atoms with Crippen molar-refractivity contribution in [3.8, 4) is 5.88 Å². The van der Waals surface area contributed by atoms with E-state index < -0.39 is 4.92 Å². The van der Waals surface area contributed by atoms with Gasteiger partial charge in [-0.2, -0.15) is 0 Å². The maximum absolute atomic E-state index is 10.7. The minimum Gasteiger partial charge on any atom is -0.473 e. The molecule has 5 nitrogen and oxygen atoms in total. The molecule has 0 atom stereocenters. The third-order valence-corrected chi connectivity index (χ3v) is 2.86. The summed E-state index contributed by atoms with van der Waals surface area (Å²) < 4.78 is 5.36. The Morgan fingerprint density at radius 1 is 1.26 bits per heavy atom. The van der Waals surface area contributed by atoms with E-state index in [1.165, 1.54) is 6.07 Å². The summed E-state index contributed by atoms with van der Waals surface area (Å²) in [5, 5.41) is 11.2. The van der Waals surface area contributed by atoms with E-state index in [-0.39, 0.29) is 23.3 Å². The zero-order valence-electron chi connectivity index (χ0n) is 9.55. The van der Waals surface area contributed by atoms with E-state index in [0.717, 1.165) is 11.6 Å². The Kier molecular flexibility index (Phi) is 4.19. The molecule has 1 heterocycles. The van der Waals surface area contributed by atoms with Crippen LogP contribution in [0.25, 0.3) is 0 Å². The van der Waals surface area contributed by atoms with Gasteiger partial charge in [-0.3, -0.25) is 10.1 Å². The van der Waals surface area contributed by atoms with Crippen LogP contribution < -0.4 is 4.74 Å². The number of halogens is 2. The highest BCUT2D eigenvalue weighted by Gasteiger charge is 2.11. The van der Waals surface area contributed by atoms with Crippen LogP contribution in [0.5, 0.6) is 5.88 Å². The highest BCUT2D eigenvalue weighted by Crippen LogP contribution is 2.23. The molecule has 0 aliphatic heterocycles. The van der Waals surface area contributed by atoms with Crippen LogP contribution in [0.4, 0.5) is 5.69 Å². The fourth-order valence-electron chi connectivity index (χ4n) is 1.41. The second-order valence-electron chi connectivity index (χ2n) is 3.62. The highest BCUT2D eigenvalue weighted by atomic mass is 35.5. The summed E-state index contributed by atoms with van der Waals surface area (Å²) in [5.41, 5.74) is 0.586. The van der Waals surface area contributed by atoms with Crippen molar-refractivity contribution in [2.45, 2.75) is 6.61 Å². The van der Waals surface area contributed by atoms with E-state index in [9.17, 15) is 10.1 Å². The molecule has 2 rings (SSSR count). The molecule has 0 N–H and O–H groups in total. The molecule has 2 aromatic rings. The maximum Gasteiger partial charge on any atom is 0.277 e. The van der Waals surface area contributed by atoms with Gasteiger partial charge in [-0.1, -0.05) is 41.4 Å². The van der Waals surface area contributed by atoms with E-state index in [1.54, 1.807) is 18.2 Å². The van der Waals surface area contributed by atoms with Gasteiger partial charge in [0.2, 0.25) is 5.88 Å². The third kappa shape index (κ3) is 3.56. The molecule has 0 bridgehead atoms. The molecule has 0 spiro atoms. The smallest absolute Gasteiger partial charge is 0.277 e. The number of nitrogens with zero attached hydrogens (tertiary/aromatic N) is 2. The van der Waals surface area contributed by atoms with Crippen LogP contribution in [0, 0.1) is 10.1 Å². The molecule has 19 heavy (non-hydrogen) atoms. The van der Waals surface area contributed by atoms with Crippen molar-refractivity contribution in [3.05, 3.63) is 62.3 Å². The lowest BCUT2D eigenvalue weighted by molar-refractivity contribution is -0.385. The quantitative estimate of drug-likeness (QED) is 0.488. The molecule has 0 fully saturated rings. The number of ether oxygens (including phenoxy) is 1. The summed E-state index contributed by atoms with van der Waals surface area (Å²) in [4.78, 5) is 14.0. The molecule has 0 aliphatic rings. The van der Waals surface area contributed by atoms with Gasteiger partial charge in [0.15, 0.2) is 0 Å². The van der Waals surface area contributed by atoms with Gasteiger partial charge in [0, 0.05) is 10.6 Å². The van der Waals surface area contributed by atoms with Crippen molar-refractivity contribution in [3.63, 3.8) is 0 Å². The van der Waals surface area contributed by atoms with Gasteiger partial charge in [-0.05, 0) is 6.07 Å². The topological polar surface area (TPSA) is 65.3 Å². The fourth-order valence-corrected chi connectivity index (χ4v) is 1.79. The molecule has 0 saturated heterocycles. The molecule has 1 aromatic heterocycles. The van der Waals surface area contributed by atoms with Gasteiger partial charge in [0.1, 0.15) is 11.8 Å². The molecule has 0 aliphatic carbocycles. The number of pyridine rings is 1. The minimum absolute atomic E-state index is 0.00311. The van der Waals surface area contributed by atoms with Gasteiger partial charge in [-0.15, -0.1) is 0 Å². The second kappa shape index (κ2) is 5.86. The Morgan fingerprint density at radius 2 is 2.00 bits per heavy atom. The highest BCUT2D eigenvalue weighted by molar-refractivity contribution is 6.31. The van der Waals surface area contributed by atoms with Crippen LogP contribution in [0.1, 0.15) is 5.56 Å². The van der Waals surface area contributed by atoms with E-state index >= 15 is 0 Å². The molecular weight excluding hydrogens is 291 g/mol. The third-order valence-electron chi connectivity index (χ3n) is 2.30. The molecule has 1 aromatic carbocycles. The number of hydrogen-bond acceptors (Lipinski definition) is 4. The first-order valence-corrected chi connectivity index (χ1v) is 6.00. The Hall–Kier alpha value is -1.85. The van der Waals surface area contributed by atoms with Crippen LogP contribution in [0.15, 0.2) is 36.4 Å². The zero-order valence-corrected chi connectivity index (χ0v) is 11.1. The Morgan fingerprint density at radius 3 is 2.68 bits per heavy atom. The summed E-state index contributed by atoms with van der Waals surface area (Å²) in [6, 6.07) is 9.51. The zero-order chi connectivity index (χ0) is 13.8. The molecule has 0 unspecified atom stereocenters. The Balaban J connectivity index is 2.16. The van der Waals surface area contributed by atoms with Crippen LogP contribution in [-0.4, -0.2) is 9.91 Å². The number of hydrogen-bond donors (Lipinski definition) is 0. The predicted molar refractivity (Wildman–Crippen MR) is 71.7 cm³/mol. The van der Waals surface area contributed by atoms with E-state index in [2.05, 4.69) is 4.98 Å². The first-order valence-electron chi connectivity index (χ1n) is 5.24. The largest absolute Gasteiger partial charge is 0.473 e. The SMILES string of the molecule is O=[N+]([O-])c1cc(Cl)nc(OCc2ccccc2Cl)c1. The van der Waals surface area contributed by atoms with Crippen molar-refractivity contribution in [1.29, 1.82) is 0 Å². The summed E-state index contributed by atoms with van der Waals surface area (Å²) >= 11 is 11.7. The summed E-state index contributed by atoms with van der Waals surface area (Å²) in [7, 11) is 0. The van der Waals surface area contributed by atoms with Crippen LogP contribution >= 0.6 is 23.2 Å². The second-order valence-corrected chi connectivity index (χ2v) is 4.42. The van der Waals surface area contributed by atoms with Gasteiger partial charge >= 0.3 is 0 Å². The molecule has 0 saturated carbocycles. The van der Waals surface area contributed by atoms with Gasteiger partial charge in [0.25, 0.3) is 5.69 Å². The lowest BCUT2D eigenvalue weighted by Gasteiger charge is -2.07. The Labute approximate surface area is 118 Å². The molecule has 0 amide bonds. The maximum atomic E-state index is 10.7. The average molecular weight is 299 g/mol. The van der Waals surface area contributed by atoms with E-state index in [4.69, 9.17) is 27.9 Å². The van der Waals surface area contributed by atoms with E-state index in [1.807, 2.05) is 6.07 Å². The predicted octanol–water partition coefficient (Wildman–Crippen LogP) is 3.88. The standard InChI is InChI=1S/C12H8Cl2N2O3/c13-10-4-2-1-3-8(10)7-19-12-6-9(16(17)18)5-11(14)15-12/h1-6H,7H2. The average Bonchev–Trinajstić information content (AvgIpc) is 2.37.